The van der Waals surface area contributed by atoms with Gasteiger partial charge in [-0.25, -0.2) is 0 Å². The molecule has 0 aliphatic carbocycles. The fourth-order valence-electron chi connectivity index (χ4n) is 3.86. The lowest BCUT2D eigenvalue weighted by Crippen LogP contribution is -2.18. The molecule has 0 aromatic carbocycles. The fraction of sp³-hybridized carbons (Fsp3) is 0.472. The molecule has 0 aliphatic heterocycles. The Morgan fingerprint density at radius 3 is 1.82 bits per heavy atom. The molecule has 0 spiro atoms. The second-order valence-corrected chi connectivity index (χ2v) is 9.97. The molecule has 1 heterocycles. The van der Waals surface area contributed by atoms with Crippen LogP contribution in [0.3, 0.4) is 0 Å². The van der Waals surface area contributed by atoms with Crippen LogP contribution in [-0.4, -0.2) is 29.6 Å². The van der Waals surface area contributed by atoms with Crippen molar-refractivity contribution in [2.45, 2.75) is 97.3 Å². The first-order valence-electron chi connectivity index (χ1n) is 15.2. The average Bonchev–Trinajstić information content (AvgIpc) is 2.95. The smallest absolute Gasteiger partial charge is 0.136 e. The zero-order chi connectivity index (χ0) is 28.9. The number of pyridine rings is 1. The molecule has 0 unspecified atom stereocenters. The molecule has 0 amide bonds. The van der Waals surface area contributed by atoms with Crippen LogP contribution in [0.2, 0.25) is 0 Å². The number of unbranched alkanes of at least 4 members (excludes halogenated alkanes) is 1. The number of ketones is 2. The van der Waals surface area contributed by atoms with Crippen molar-refractivity contribution in [2.24, 2.45) is 0 Å². The Hall–Kier alpha value is -3.11. The minimum absolute atomic E-state index is 0.251. The van der Waals surface area contributed by atoms with Gasteiger partial charge in [0, 0.05) is 37.6 Å². The molecule has 0 aliphatic rings. The molecule has 1 N–H and O–H groups in total. The number of hydrogen-bond acceptors (Lipinski definition) is 4. The second-order valence-electron chi connectivity index (χ2n) is 9.97. The summed E-state index contributed by atoms with van der Waals surface area (Å²) in [7, 11) is 0. The molecule has 1 rings (SSSR count). The molecule has 1 aromatic heterocycles. The van der Waals surface area contributed by atoms with E-state index < -0.39 is 0 Å². The summed E-state index contributed by atoms with van der Waals surface area (Å²) in [6.07, 6.45) is 38.7. The van der Waals surface area contributed by atoms with Crippen LogP contribution >= 0.6 is 0 Å². The molecule has 0 saturated carbocycles. The number of hydrogen-bond donors (Lipinski definition) is 1. The highest BCUT2D eigenvalue weighted by atomic mass is 16.1. The molecule has 4 heteroatoms. The van der Waals surface area contributed by atoms with E-state index in [-0.39, 0.29) is 5.78 Å². The Balaban J connectivity index is 1.90. The van der Waals surface area contributed by atoms with Gasteiger partial charge in [-0.15, -0.1) is 0 Å². The van der Waals surface area contributed by atoms with Gasteiger partial charge in [-0.1, -0.05) is 85.9 Å². The van der Waals surface area contributed by atoms with Crippen molar-refractivity contribution in [3.05, 3.63) is 96.4 Å². The Morgan fingerprint density at radius 2 is 1.25 bits per heavy atom. The number of carbonyl (C=O) groups is 2. The third kappa shape index (κ3) is 22.8. The second kappa shape index (κ2) is 26.1. The minimum Gasteiger partial charge on any atom is -0.317 e. The summed E-state index contributed by atoms with van der Waals surface area (Å²) in [4.78, 5) is 28.3. The number of aryl methyl sites for hydroxylation is 1. The predicted octanol–water partition coefficient (Wildman–Crippen LogP) is 9.00. The number of Topliss-reactive ketones (excluding diaryl/α,β-unsaturated/α-hetero) is 2. The van der Waals surface area contributed by atoms with Crippen molar-refractivity contribution in [1.82, 2.24) is 10.3 Å². The Morgan fingerprint density at radius 1 is 0.700 bits per heavy atom. The van der Waals surface area contributed by atoms with Gasteiger partial charge in [0.15, 0.2) is 0 Å². The van der Waals surface area contributed by atoms with Crippen LogP contribution in [0.15, 0.2) is 85.2 Å². The van der Waals surface area contributed by atoms with Crippen LogP contribution in [0.5, 0.6) is 0 Å². The highest BCUT2D eigenvalue weighted by molar-refractivity contribution is 5.80. The minimum atomic E-state index is 0.251. The molecule has 0 radical (unpaired) electrons. The molecular formula is C36H52N2O2. The van der Waals surface area contributed by atoms with E-state index in [4.69, 9.17) is 0 Å². The van der Waals surface area contributed by atoms with Crippen molar-refractivity contribution in [1.29, 1.82) is 0 Å². The predicted molar refractivity (Wildman–Crippen MR) is 172 cm³/mol. The summed E-state index contributed by atoms with van der Waals surface area (Å²) >= 11 is 0. The number of nitrogens with one attached hydrogen (secondary N) is 1. The van der Waals surface area contributed by atoms with Crippen molar-refractivity contribution < 1.29 is 9.59 Å². The SMILES string of the molecule is CC/C=C\C/C=C\C/C=C\C/C=C\C/C=C\CCCC(=O)CCCNCCCC(=O)C/C=C/c1ccc(C)nc1. The molecule has 0 atom stereocenters. The standard InChI is InChI=1S/C36H52N2O2/c1-3-4-5-6-7-8-9-10-11-12-13-14-15-16-17-18-19-24-35(39)26-21-30-37-31-22-27-36(40)25-20-23-34-29-28-33(2)38-32-34/h4-5,7-8,10-11,13-14,16-17,20,23,28-29,32,37H,3,6,9,12,15,18-19,21-22,24-27,30-31H2,1-2H3/b5-4-,8-7-,11-10-,14-13-,17-16-,23-20+. The van der Waals surface area contributed by atoms with Crippen LogP contribution in [0.25, 0.3) is 6.08 Å². The van der Waals surface area contributed by atoms with Gasteiger partial charge in [0.1, 0.15) is 11.6 Å². The zero-order valence-corrected chi connectivity index (χ0v) is 25.0. The topological polar surface area (TPSA) is 59.1 Å². The van der Waals surface area contributed by atoms with Crippen LogP contribution < -0.4 is 5.32 Å². The van der Waals surface area contributed by atoms with Crippen molar-refractivity contribution in [3.8, 4) is 0 Å². The van der Waals surface area contributed by atoms with E-state index in [1.165, 1.54) is 0 Å². The van der Waals surface area contributed by atoms with E-state index in [9.17, 15) is 9.59 Å². The summed E-state index contributed by atoms with van der Waals surface area (Å²) in [5, 5.41) is 3.35. The normalized spacial score (nSPS) is 12.4. The van der Waals surface area contributed by atoms with E-state index in [1.54, 1.807) is 0 Å². The van der Waals surface area contributed by atoms with E-state index in [2.05, 4.69) is 78.0 Å². The monoisotopic (exact) mass is 544 g/mol. The maximum absolute atomic E-state index is 12.1. The average molecular weight is 545 g/mol. The van der Waals surface area contributed by atoms with E-state index in [1.807, 2.05) is 37.4 Å². The first kappa shape index (κ1) is 34.9. The summed E-state index contributed by atoms with van der Waals surface area (Å²) < 4.78 is 0. The third-order valence-electron chi connectivity index (χ3n) is 6.19. The number of carbonyl (C=O) groups excluding carboxylic acids is 2. The van der Waals surface area contributed by atoms with Crippen LogP contribution in [0.1, 0.15) is 102 Å². The number of aromatic nitrogens is 1. The van der Waals surface area contributed by atoms with Gasteiger partial charge >= 0.3 is 0 Å². The van der Waals surface area contributed by atoms with Gasteiger partial charge in [0.05, 0.1) is 0 Å². The van der Waals surface area contributed by atoms with E-state index in [0.717, 1.165) is 82.1 Å². The Bertz CT molecular complexity index is 965. The summed E-state index contributed by atoms with van der Waals surface area (Å²) in [5.74, 6) is 0.598. The molecule has 40 heavy (non-hydrogen) atoms. The molecule has 1 aromatic rings. The van der Waals surface area contributed by atoms with E-state index in [0.29, 0.717) is 31.5 Å². The largest absolute Gasteiger partial charge is 0.317 e. The highest BCUT2D eigenvalue weighted by Gasteiger charge is 2.02. The van der Waals surface area contributed by atoms with Gasteiger partial charge in [-0.3, -0.25) is 14.6 Å². The summed E-state index contributed by atoms with van der Waals surface area (Å²) in [6.45, 7) is 5.75. The zero-order valence-electron chi connectivity index (χ0n) is 25.0. The van der Waals surface area contributed by atoms with Gasteiger partial charge in [0.25, 0.3) is 0 Å². The van der Waals surface area contributed by atoms with Crippen molar-refractivity contribution in [2.75, 3.05) is 13.1 Å². The fourth-order valence-corrected chi connectivity index (χ4v) is 3.86. The molecule has 0 fully saturated rings. The van der Waals surface area contributed by atoms with Gasteiger partial charge < -0.3 is 5.32 Å². The molecular weight excluding hydrogens is 492 g/mol. The number of allylic oxidation sites excluding steroid dienone is 11. The van der Waals surface area contributed by atoms with Crippen LogP contribution in [0.4, 0.5) is 0 Å². The van der Waals surface area contributed by atoms with Gasteiger partial charge in [0.2, 0.25) is 0 Å². The highest BCUT2D eigenvalue weighted by Crippen LogP contribution is 2.05. The molecule has 4 nitrogen and oxygen atoms in total. The maximum atomic E-state index is 12.1. The number of nitrogens with zero attached hydrogens (tertiary/aromatic N) is 1. The Kier molecular flexibility index (Phi) is 22.8. The van der Waals surface area contributed by atoms with E-state index >= 15 is 0 Å². The lowest BCUT2D eigenvalue weighted by molar-refractivity contribution is -0.119. The quantitative estimate of drug-likeness (QED) is 0.104. The molecule has 0 saturated heterocycles. The first-order valence-corrected chi connectivity index (χ1v) is 15.2. The Labute approximate surface area is 244 Å². The van der Waals surface area contributed by atoms with Crippen LogP contribution in [-0.2, 0) is 9.59 Å². The lowest BCUT2D eigenvalue weighted by atomic mass is 10.1. The van der Waals surface area contributed by atoms with Crippen molar-refractivity contribution in [3.63, 3.8) is 0 Å². The summed E-state index contributed by atoms with van der Waals surface area (Å²) in [5.41, 5.74) is 2.01. The third-order valence-corrected chi connectivity index (χ3v) is 6.19. The van der Waals surface area contributed by atoms with Crippen LogP contribution in [0, 0.1) is 6.92 Å². The number of rotatable bonds is 24. The summed E-state index contributed by atoms with van der Waals surface area (Å²) in [6, 6.07) is 3.97. The van der Waals surface area contributed by atoms with Gasteiger partial charge in [-0.05, 0) is 89.4 Å². The lowest BCUT2D eigenvalue weighted by Gasteiger charge is -2.04. The van der Waals surface area contributed by atoms with Crippen molar-refractivity contribution >= 4 is 17.6 Å². The van der Waals surface area contributed by atoms with Gasteiger partial charge in [-0.2, -0.15) is 0 Å². The first-order chi connectivity index (χ1) is 19.6. The molecule has 218 valence electrons. The molecule has 0 bridgehead atoms. The maximum Gasteiger partial charge on any atom is 0.136 e.